The number of hydrogen-bond acceptors (Lipinski definition) is 5. The molecule has 0 spiro atoms. The van der Waals surface area contributed by atoms with E-state index in [2.05, 4.69) is 32.8 Å². The lowest BCUT2D eigenvalue weighted by Crippen LogP contribution is -2.40. The van der Waals surface area contributed by atoms with Crippen molar-refractivity contribution in [1.29, 1.82) is 0 Å². The van der Waals surface area contributed by atoms with Crippen LogP contribution in [0.15, 0.2) is 18.2 Å². The van der Waals surface area contributed by atoms with Crippen molar-refractivity contribution >= 4 is 57.4 Å². The fourth-order valence-electron chi connectivity index (χ4n) is 3.01. The zero-order valence-electron chi connectivity index (χ0n) is 13.0. The van der Waals surface area contributed by atoms with Gasteiger partial charge in [-0.3, -0.25) is 0 Å². The van der Waals surface area contributed by atoms with E-state index in [0.717, 1.165) is 3.57 Å². The predicted molar refractivity (Wildman–Crippen MR) is 105 cm³/mol. The van der Waals surface area contributed by atoms with Gasteiger partial charge in [-0.1, -0.05) is 41.7 Å². The highest BCUT2D eigenvalue weighted by Gasteiger charge is 2.48. The minimum atomic E-state index is -0.954. The molecule has 1 aliphatic carbocycles. The van der Waals surface area contributed by atoms with Crippen LogP contribution in [0.3, 0.4) is 0 Å². The van der Waals surface area contributed by atoms with Crippen LogP contribution in [0.2, 0.25) is 15.2 Å². The average Bonchev–Trinajstić information content (AvgIpc) is 2.80. The summed E-state index contributed by atoms with van der Waals surface area (Å²) in [7, 11) is 0. The van der Waals surface area contributed by atoms with Crippen molar-refractivity contribution in [2.75, 3.05) is 0 Å². The molecule has 1 aromatic heterocycles. The first-order valence-electron chi connectivity index (χ1n) is 7.45. The Morgan fingerprint density at radius 3 is 2.20 bits per heavy atom. The summed E-state index contributed by atoms with van der Waals surface area (Å²) in [5.74, 6) is 0.376. The first-order chi connectivity index (χ1) is 11.7. The van der Waals surface area contributed by atoms with E-state index < -0.39 is 17.6 Å². The summed E-state index contributed by atoms with van der Waals surface area (Å²) in [4.78, 5) is 0. The third-order valence-corrected chi connectivity index (χ3v) is 6.04. The number of benzene rings is 1. The van der Waals surface area contributed by atoms with Crippen LogP contribution >= 0.6 is 57.4 Å². The molecule has 5 nitrogen and oxygen atoms in total. The second-order valence-corrected chi connectivity index (χ2v) is 8.50. The van der Waals surface area contributed by atoms with Crippen molar-refractivity contribution in [3.63, 3.8) is 0 Å². The lowest BCUT2D eigenvalue weighted by atomic mass is 9.78. The summed E-state index contributed by atoms with van der Waals surface area (Å²) in [5.41, 5.74) is -0.487. The number of hydrogen-bond donors (Lipinski definition) is 2. The minimum Gasteiger partial charge on any atom is -0.434 e. The first-order valence-corrected chi connectivity index (χ1v) is 9.67. The summed E-state index contributed by atoms with van der Waals surface area (Å²) >= 11 is 20.6. The molecule has 1 aromatic carbocycles. The molecule has 1 fully saturated rings. The van der Waals surface area contributed by atoms with Gasteiger partial charge in [0, 0.05) is 20.6 Å². The average molecular weight is 516 g/mol. The Morgan fingerprint density at radius 2 is 1.64 bits per heavy atom. The zero-order chi connectivity index (χ0) is 18.4. The molecule has 3 rings (SSSR count). The van der Waals surface area contributed by atoms with E-state index in [1.807, 2.05) is 0 Å². The van der Waals surface area contributed by atoms with Crippen molar-refractivity contribution in [3.05, 3.63) is 42.5 Å². The molecular weight excluding hydrogens is 501 g/mol. The van der Waals surface area contributed by atoms with Gasteiger partial charge >= 0.3 is 0 Å². The van der Waals surface area contributed by atoms with E-state index in [-0.39, 0.29) is 16.8 Å². The van der Waals surface area contributed by atoms with Gasteiger partial charge in [0.25, 0.3) is 0 Å². The van der Waals surface area contributed by atoms with Crippen LogP contribution in [0.5, 0.6) is 11.6 Å². The molecule has 0 bridgehead atoms. The Bertz CT molecular complexity index is 788. The van der Waals surface area contributed by atoms with Gasteiger partial charge in [-0.15, -0.1) is 10.2 Å². The molecule has 25 heavy (non-hydrogen) atoms. The molecule has 2 N–H and O–H groups in total. The Morgan fingerprint density at radius 1 is 1.08 bits per heavy atom. The van der Waals surface area contributed by atoms with E-state index >= 15 is 0 Å². The van der Waals surface area contributed by atoms with E-state index in [0.29, 0.717) is 28.5 Å². The highest BCUT2D eigenvalue weighted by atomic mass is 127. The number of nitrogens with zero attached hydrogens (tertiary/aromatic N) is 2. The molecule has 1 aliphatic rings. The topological polar surface area (TPSA) is 75.5 Å². The summed E-state index contributed by atoms with van der Waals surface area (Å²) in [6.45, 7) is 1.74. The largest absolute Gasteiger partial charge is 0.434 e. The number of rotatable bonds is 3. The fourth-order valence-corrected chi connectivity index (χ4v) is 4.87. The molecular formula is C16H14Cl3IN2O3. The van der Waals surface area contributed by atoms with Crippen LogP contribution in [-0.4, -0.2) is 32.6 Å². The van der Waals surface area contributed by atoms with E-state index in [4.69, 9.17) is 39.5 Å². The summed E-state index contributed by atoms with van der Waals surface area (Å²) in [6.07, 6.45) is -0.548. The van der Waals surface area contributed by atoms with Gasteiger partial charge in [0.1, 0.15) is 0 Å². The zero-order valence-corrected chi connectivity index (χ0v) is 17.4. The van der Waals surface area contributed by atoms with Crippen LogP contribution in [0.25, 0.3) is 0 Å². The normalized spacial score (nSPS) is 26.0. The number of aromatic nitrogens is 2. The lowest BCUT2D eigenvalue weighted by Gasteiger charge is -2.32. The van der Waals surface area contributed by atoms with Gasteiger partial charge in [0.05, 0.1) is 22.3 Å². The number of halogens is 4. The second kappa shape index (κ2) is 7.32. The van der Waals surface area contributed by atoms with Crippen molar-refractivity contribution < 1.29 is 14.9 Å². The van der Waals surface area contributed by atoms with Gasteiger partial charge in [-0.25, -0.2) is 0 Å². The Kier molecular flexibility index (Phi) is 5.68. The highest BCUT2D eigenvalue weighted by molar-refractivity contribution is 14.1. The number of aliphatic hydroxyl groups excluding tert-OH is 2. The minimum absolute atomic E-state index is 0.106. The third kappa shape index (κ3) is 3.57. The predicted octanol–water partition coefficient (Wildman–Crippen LogP) is 4.61. The molecule has 2 aromatic rings. The highest BCUT2D eigenvalue weighted by Crippen LogP contribution is 2.45. The van der Waals surface area contributed by atoms with Crippen LogP contribution < -0.4 is 4.74 Å². The molecule has 0 radical (unpaired) electrons. The summed E-state index contributed by atoms with van der Waals surface area (Å²) in [5, 5.41) is 29.3. The summed E-state index contributed by atoms with van der Waals surface area (Å²) in [6, 6.07) is 4.97. The van der Waals surface area contributed by atoms with E-state index in [9.17, 15) is 10.2 Å². The smallest absolute Gasteiger partial charge is 0.239 e. The fraction of sp³-hybridized carbons (Fsp3) is 0.375. The van der Waals surface area contributed by atoms with Gasteiger partial charge in [0.2, 0.25) is 5.88 Å². The molecule has 0 amide bonds. The SMILES string of the molecule is CC1(c2cc(Oc3c(Cl)cc(I)cc3Cl)nnc2Cl)C(O)CCC1O. The number of aliphatic hydroxyl groups is 2. The molecule has 1 heterocycles. The van der Waals surface area contributed by atoms with Gasteiger partial charge in [0.15, 0.2) is 10.9 Å². The Labute approximate surface area is 173 Å². The molecule has 0 saturated heterocycles. The first kappa shape index (κ1) is 19.4. The standard InChI is InChI=1S/C16H14Cl3IN2O3/c1-16(11(23)2-3-12(16)24)8-6-13(21-22-15(8)19)25-14-9(17)4-7(20)5-10(14)18/h4-6,11-12,23-24H,2-3H2,1H3. The van der Waals surface area contributed by atoms with Crippen LogP contribution in [-0.2, 0) is 5.41 Å². The van der Waals surface area contributed by atoms with Crippen molar-refractivity contribution in [3.8, 4) is 11.6 Å². The van der Waals surface area contributed by atoms with Crippen molar-refractivity contribution in [2.45, 2.75) is 37.4 Å². The van der Waals surface area contributed by atoms with Gasteiger partial charge in [-0.2, -0.15) is 0 Å². The van der Waals surface area contributed by atoms with Gasteiger partial charge in [-0.05, 0) is 47.6 Å². The molecule has 0 aliphatic heterocycles. The van der Waals surface area contributed by atoms with Crippen LogP contribution in [0.1, 0.15) is 25.3 Å². The maximum atomic E-state index is 10.3. The maximum Gasteiger partial charge on any atom is 0.239 e. The monoisotopic (exact) mass is 514 g/mol. The Hall–Kier alpha value is -0.380. The quantitative estimate of drug-likeness (QED) is 0.585. The molecule has 2 unspecified atom stereocenters. The molecule has 134 valence electrons. The van der Waals surface area contributed by atoms with E-state index in [1.165, 1.54) is 0 Å². The van der Waals surface area contributed by atoms with Crippen LogP contribution in [0.4, 0.5) is 0 Å². The van der Waals surface area contributed by atoms with Crippen LogP contribution in [0, 0.1) is 3.57 Å². The molecule has 2 atom stereocenters. The molecule has 1 saturated carbocycles. The number of ether oxygens (including phenoxy) is 1. The third-order valence-electron chi connectivity index (χ3n) is 4.57. The van der Waals surface area contributed by atoms with E-state index in [1.54, 1.807) is 25.1 Å². The Balaban J connectivity index is 2.01. The van der Waals surface area contributed by atoms with Crippen molar-refractivity contribution in [1.82, 2.24) is 10.2 Å². The van der Waals surface area contributed by atoms with Gasteiger partial charge < -0.3 is 14.9 Å². The second-order valence-electron chi connectivity index (χ2n) is 6.08. The summed E-state index contributed by atoms with van der Waals surface area (Å²) < 4.78 is 6.57. The molecule has 9 heteroatoms. The lowest BCUT2D eigenvalue weighted by molar-refractivity contribution is 0.0452. The van der Waals surface area contributed by atoms with Crippen molar-refractivity contribution in [2.24, 2.45) is 0 Å². The maximum absolute atomic E-state index is 10.3.